The molecule has 0 saturated heterocycles. The summed E-state index contributed by atoms with van der Waals surface area (Å²) in [6.07, 6.45) is -6.90. The Morgan fingerprint density at radius 2 is 0.641 bits per heavy atom. The lowest BCUT2D eigenvalue weighted by molar-refractivity contribution is -0.149. The van der Waals surface area contributed by atoms with E-state index in [0.717, 1.165) is 50.1 Å². The minimum absolute atomic E-state index is 0.0145. The number of nitrogens with one attached hydrogen (secondary N) is 3. The molecule has 0 radical (unpaired) electrons. The van der Waals surface area contributed by atoms with Gasteiger partial charge in [-0.15, -0.1) is 0 Å². The van der Waals surface area contributed by atoms with Crippen LogP contribution in [0, 0.1) is 0 Å². The maximum atomic E-state index is 12.2. The van der Waals surface area contributed by atoms with Crippen molar-refractivity contribution in [3.8, 4) is 0 Å². The number of hydrogen-bond donors (Lipinski definition) is 5. The zero-order valence-corrected chi connectivity index (χ0v) is 61.7. The van der Waals surface area contributed by atoms with E-state index in [1.54, 1.807) is 26.0 Å². The van der Waals surface area contributed by atoms with Crippen LogP contribution in [0.5, 0.6) is 0 Å². The van der Waals surface area contributed by atoms with Gasteiger partial charge in [0.25, 0.3) is 0 Å². The van der Waals surface area contributed by atoms with Gasteiger partial charge in [-0.25, -0.2) is 28.8 Å². The number of carbonyl (C=O) groups is 7. The van der Waals surface area contributed by atoms with E-state index in [1.165, 1.54) is 21.3 Å². The third-order valence-electron chi connectivity index (χ3n) is 13.7. The average molecular weight is 1450 g/mol. The fourth-order valence-electron chi connectivity index (χ4n) is 8.37. The first-order chi connectivity index (χ1) is 49.1. The molecule has 3 aromatic rings. The zero-order chi connectivity index (χ0) is 77.1. The number of alkyl carbamates (subject to hydrolysis) is 3. The van der Waals surface area contributed by atoms with Crippen LogP contribution in [0.2, 0.25) is 0 Å². The lowest BCUT2D eigenvalue weighted by atomic mass is 10.1. The summed E-state index contributed by atoms with van der Waals surface area (Å²) in [7, 11) is 3.62. The number of aliphatic hydroxyl groups is 2. The molecule has 27 nitrogen and oxygen atoms in total. The van der Waals surface area contributed by atoms with E-state index in [9.17, 15) is 43.8 Å². The summed E-state index contributed by atoms with van der Waals surface area (Å²) < 4.78 is 81.5. The third-order valence-corrected chi connectivity index (χ3v) is 13.7. The van der Waals surface area contributed by atoms with Gasteiger partial charge in [-0.05, 0) is 71.1 Å². The molecule has 0 aliphatic rings. The first kappa shape index (κ1) is 92.6. The summed E-state index contributed by atoms with van der Waals surface area (Å²) in [6.45, 7) is 38.0. The molecule has 0 heterocycles. The molecule has 103 heavy (non-hydrogen) atoms. The van der Waals surface area contributed by atoms with Gasteiger partial charge in [-0.1, -0.05) is 178 Å². The van der Waals surface area contributed by atoms with Crippen LogP contribution in [-0.2, 0) is 110 Å². The molecule has 0 aliphatic heterocycles. The van der Waals surface area contributed by atoms with Crippen molar-refractivity contribution in [2.75, 3.05) is 101 Å². The van der Waals surface area contributed by atoms with E-state index in [4.69, 9.17) is 71.1 Å². The van der Waals surface area contributed by atoms with Crippen LogP contribution in [0.25, 0.3) is 0 Å². The number of aldehydes is 1. The summed E-state index contributed by atoms with van der Waals surface area (Å²) in [5.41, 5.74) is 7.06. The molecule has 0 aliphatic carbocycles. The number of hydrogen-bond acceptors (Lipinski definition) is 24. The van der Waals surface area contributed by atoms with E-state index in [0.29, 0.717) is 19.1 Å². The van der Waals surface area contributed by atoms with Crippen LogP contribution in [0.3, 0.4) is 0 Å². The highest BCUT2D eigenvalue weighted by atomic mass is 16.6. The van der Waals surface area contributed by atoms with Gasteiger partial charge in [0, 0.05) is 0 Å². The van der Waals surface area contributed by atoms with Crippen LogP contribution in [-0.4, -0.2) is 220 Å². The molecule has 27 heteroatoms. The van der Waals surface area contributed by atoms with Gasteiger partial charge in [0.05, 0.1) is 113 Å². The Labute approximate surface area is 607 Å². The zero-order valence-electron chi connectivity index (χ0n) is 61.7. The molecule has 5 N–H and O–H groups in total. The fourth-order valence-corrected chi connectivity index (χ4v) is 8.37. The summed E-state index contributed by atoms with van der Waals surface area (Å²) in [5, 5.41) is 28.4. The highest BCUT2D eigenvalue weighted by Gasteiger charge is 2.34. The average Bonchev–Trinajstić information content (AvgIpc) is 0.886. The number of benzene rings is 3. The van der Waals surface area contributed by atoms with Gasteiger partial charge in [-0.2, -0.15) is 0 Å². The van der Waals surface area contributed by atoms with Gasteiger partial charge in [-0.3, -0.25) is 0 Å². The van der Waals surface area contributed by atoms with Crippen LogP contribution in [0.15, 0.2) is 164 Å². The van der Waals surface area contributed by atoms with E-state index in [1.807, 2.05) is 120 Å². The van der Waals surface area contributed by atoms with Crippen molar-refractivity contribution in [1.29, 1.82) is 0 Å². The van der Waals surface area contributed by atoms with Gasteiger partial charge in [0.15, 0.2) is 24.4 Å². The molecular weight excluding hydrogens is 1340 g/mol. The van der Waals surface area contributed by atoms with Gasteiger partial charge in [0.2, 0.25) is 0 Å². The largest absolute Gasteiger partial charge is 0.467 e. The van der Waals surface area contributed by atoms with Gasteiger partial charge < -0.3 is 102 Å². The molecule has 11 atom stereocenters. The van der Waals surface area contributed by atoms with Crippen molar-refractivity contribution < 1.29 is 115 Å². The Morgan fingerprint density at radius 3 is 0.893 bits per heavy atom. The van der Waals surface area contributed by atoms with Crippen LogP contribution < -0.4 is 16.0 Å². The first-order valence-electron chi connectivity index (χ1n) is 33.4. The number of ether oxygens (including phenoxy) is 15. The molecule has 3 rings (SSSR count). The number of methoxy groups -OCH3 is 3. The lowest BCUT2D eigenvalue weighted by Gasteiger charge is -2.31. The minimum atomic E-state index is -1.12. The van der Waals surface area contributed by atoms with E-state index >= 15 is 0 Å². The second-order valence-electron chi connectivity index (χ2n) is 24.2. The Kier molecular flexibility index (Phi) is 49.6. The number of esters is 3. The molecule has 0 aromatic heterocycles. The maximum absolute atomic E-state index is 12.2. The van der Waals surface area contributed by atoms with Crippen molar-refractivity contribution in [1.82, 2.24) is 16.0 Å². The van der Waals surface area contributed by atoms with Crippen molar-refractivity contribution >= 4 is 42.5 Å². The van der Waals surface area contributed by atoms with E-state index in [2.05, 4.69) is 55.4 Å². The Balaban J connectivity index is 0.000000773. The molecule has 3 amide bonds. The summed E-state index contributed by atoms with van der Waals surface area (Å²) in [6, 6.07) is 24.1. The molecule has 0 saturated carbocycles. The fraction of sp³-hybridized carbons (Fsp3) is 0.513. The topological polar surface area (TPSA) is 334 Å². The van der Waals surface area contributed by atoms with Crippen molar-refractivity contribution in [2.24, 2.45) is 0 Å². The summed E-state index contributed by atoms with van der Waals surface area (Å²) >= 11 is 0. The normalized spacial score (nSPS) is 14.0. The maximum Gasteiger partial charge on any atom is 0.408 e. The Morgan fingerprint density at radius 1 is 0.388 bits per heavy atom. The molecule has 3 aromatic carbocycles. The SMILES string of the molecule is C=C(C)CO[C@@H](C=O)[C@H](COC[C@H](NC(=O)OCc1ccccc1)C(=O)OC)OCC(=C)C.C=C(C)CO[C@@H]([C@H](O)CC)[C@H](COC[C@H](NC(=O)OCc1ccccc1)C(=O)OC)OCC(=C)C.C=C(C)CO[C@H]([C@H](COC[C@H](NC(=O)OCc1ccccc1)C(=O)OC)OCC(=C)C)[C@@H](O)CC. The molecule has 0 bridgehead atoms. The third kappa shape index (κ3) is 43.3. The van der Waals surface area contributed by atoms with Crippen molar-refractivity contribution in [3.63, 3.8) is 0 Å². The quantitative estimate of drug-likeness (QED) is 0.0152. The van der Waals surface area contributed by atoms with Crippen molar-refractivity contribution in [2.45, 2.75) is 155 Å². The second kappa shape index (κ2) is 55.1. The van der Waals surface area contributed by atoms with Crippen LogP contribution in [0.1, 0.15) is 84.9 Å². The van der Waals surface area contributed by atoms with Crippen molar-refractivity contribution in [3.05, 3.63) is 181 Å². The highest BCUT2D eigenvalue weighted by molar-refractivity contribution is 5.82. The summed E-state index contributed by atoms with van der Waals surface area (Å²) in [4.78, 5) is 84.5. The second-order valence-corrected chi connectivity index (χ2v) is 24.2. The lowest BCUT2D eigenvalue weighted by Crippen LogP contribution is -2.47. The predicted molar refractivity (Wildman–Crippen MR) is 385 cm³/mol. The Hall–Kier alpha value is -8.45. The number of aliphatic hydroxyl groups excluding tert-OH is 2. The first-order valence-corrected chi connectivity index (χ1v) is 33.4. The van der Waals surface area contributed by atoms with Gasteiger partial charge >= 0.3 is 36.2 Å². The molecular formula is C76H111N3O24. The molecule has 0 fully saturated rings. The smallest absolute Gasteiger partial charge is 0.408 e. The minimum Gasteiger partial charge on any atom is -0.467 e. The summed E-state index contributed by atoms with van der Waals surface area (Å²) in [5.74, 6) is -2.09. The van der Waals surface area contributed by atoms with Crippen LogP contribution >= 0.6 is 0 Å². The predicted octanol–water partition coefficient (Wildman–Crippen LogP) is 8.92. The van der Waals surface area contributed by atoms with E-state index < -0.39 is 103 Å². The molecule has 0 unspecified atom stereocenters. The highest BCUT2D eigenvalue weighted by Crippen LogP contribution is 2.18. The van der Waals surface area contributed by atoms with Gasteiger partial charge in [0.1, 0.15) is 56.4 Å². The number of carbonyl (C=O) groups excluding carboxylic acids is 7. The standard InChI is InChI=1S/2C26H39NO8.C24H33NO8/c2*1-7-22(28)24(34-14-19(4)5)23(33-13-18(2)3)17-32-16-21(25(29)31-6)27-26(30)35-15-20-11-9-8-10-12-20;1-17(2)12-31-21(11-26)22(32-13-18(3)4)16-30-15-20(23(27)29-5)25-24(28)33-14-19-9-7-6-8-10-19/h2*8-12,21-24,28H,2,4,7,13-17H2,1,3,5-6H3,(H,27,30);6-11,20-22H,1,3,12-16H2,2,4-5H3,(H,25,28)/t21-,22+,23-,24-;21-,22-,23-,24-;20-,21-,22-/m000/s1. The number of rotatable bonds is 50. The molecule has 0 spiro atoms. The number of amides is 3. The molecule has 574 valence electrons. The van der Waals surface area contributed by atoms with Crippen LogP contribution in [0.4, 0.5) is 14.4 Å². The van der Waals surface area contributed by atoms with E-state index in [-0.39, 0.29) is 99.1 Å². The monoisotopic (exact) mass is 1450 g/mol. The Bertz CT molecular complexity index is 2870.